The number of aliphatic carboxylic acids is 1. The van der Waals surface area contributed by atoms with E-state index in [-0.39, 0.29) is 5.97 Å². The standard InChI is InChI=1S/C14H14O4/c15-13(16)10-6-8-12(9-7-10)18-14(17)11-4-2-1-3-5-11/h1-2,5-6,8-10H,3-4,7H2,(H,15,16). The largest absolute Gasteiger partial charge is 0.481 e. The van der Waals surface area contributed by atoms with E-state index < -0.39 is 11.9 Å². The van der Waals surface area contributed by atoms with Crippen molar-refractivity contribution in [3.63, 3.8) is 0 Å². The van der Waals surface area contributed by atoms with Crippen LogP contribution in [0.3, 0.4) is 0 Å². The molecular formula is C14H14O4. The third-order valence-electron chi connectivity index (χ3n) is 2.86. The fourth-order valence-corrected chi connectivity index (χ4v) is 1.80. The smallest absolute Gasteiger partial charge is 0.339 e. The third-order valence-corrected chi connectivity index (χ3v) is 2.86. The molecule has 18 heavy (non-hydrogen) atoms. The lowest BCUT2D eigenvalue weighted by atomic mass is 10.0. The summed E-state index contributed by atoms with van der Waals surface area (Å²) < 4.78 is 5.20. The Balaban J connectivity index is 1.92. The fourth-order valence-electron chi connectivity index (χ4n) is 1.80. The molecule has 4 nitrogen and oxygen atoms in total. The van der Waals surface area contributed by atoms with Gasteiger partial charge in [-0.25, -0.2) is 4.79 Å². The highest BCUT2D eigenvalue weighted by Crippen LogP contribution is 2.20. The van der Waals surface area contributed by atoms with Crippen LogP contribution in [0.4, 0.5) is 0 Å². The van der Waals surface area contributed by atoms with Crippen LogP contribution in [0.15, 0.2) is 47.8 Å². The molecule has 0 aliphatic heterocycles. The van der Waals surface area contributed by atoms with Crippen molar-refractivity contribution in [2.45, 2.75) is 19.3 Å². The molecular weight excluding hydrogens is 232 g/mol. The van der Waals surface area contributed by atoms with E-state index in [9.17, 15) is 9.59 Å². The summed E-state index contributed by atoms with van der Waals surface area (Å²) in [6.07, 6.45) is 12.2. The second-order valence-electron chi connectivity index (χ2n) is 4.18. The Kier molecular flexibility index (Phi) is 3.77. The van der Waals surface area contributed by atoms with E-state index in [1.54, 1.807) is 18.2 Å². The van der Waals surface area contributed by atoms with Crippen molar-refractivity contribution in [3.8, 4) is 0 Å². The Bertz CT molecular complexity index is 480. The number of carboxylic acid groups (broad SMARTS) is 1. The Morgan fingerprint density at radius 3 is 2.67 bits per heavy atom. The molecule has 0 bridgehead atoms. The number of carboxylic acids is 1. The number of esters is 1. The van der Waals surface area contributed by atoms with E-state index in [2.05, 4.69) is 0 Å². The first-order valence-electron chi connectivity index (χ1n) is 5.84. The highest BCUT2D eigenvalue weighted by atomic mass is 16.5. The van der Waals surface area contributed by atoms with Crippen LogP contribution in [-0.4, -0.2) is 17.0 Å². The minimum absolute atomic E-state index is 0.355. The zero-order chi connectivity index (χ0) is 13.0. The minimum Gasteiger partial charge on any atom is -0.481 e. The van der Waals surface area contributed by atoms with E-state index in [1.165, 1.54) is 0 Å². The van der Waals surface area contributed by atoms with Crippen LogP contribution >= 0.6 is 0 Å². The topological polar surface area (TPSA) is 63.6 Å². The summed E-state index contributed by atoms with van der Waals surface area (Å²) in [5.41, 5.74) is 0.646. The summed E-state index contributed by atoms with van der Waals surface area (Å²) in [6.45, 7) is 0. The lowest BCUT2D eigenvalue weighted by Crippen LogP contribution is -2.14. The normalized spacial score (nSPS) is 22.1. The number of hydrogen-bond donors (Lipinski definition) is 1. The number of allylic oxidation sites excluding steroid dienone is 5. The van der Waals surface area contributed by atoms with Gasteiger partial charge in [0, 0.05) is 5.57 Å². The van der Waals surface area contributed by atoms with Gasteiger partial charge in [0.05, 0.1) is 5.92 Å². The van der Waals surface area contributed by atoms with E-state index in [4.69, 9.17) is 9.84 Å². The Labute approximate surface area is 105 Å². The molecule has 0 aromatic carbocycles. The molecule has 1 N–H and O–H groups in total. The molecule has 0 aromatic rings. The molecule has 0 aromatic heterocycles. The van der Waals surface area contributed by atoms with Crippen LogP contribution in [-0.2, 0) is 14.3 Å². The van der Waals surface area contributed by atoms with Gasteiger partial charge in [-0.2, -0.15) is 0 Å². The average Bonchev–Trinajstić information content (AvgIpc) is 2.40. The monoisotopic (exact) mass is 246 g/mol. The van der Waals surface area contributed by atoms with Gasteiger partial charge in [-0.1, -0.05) is 24.3 Å². The number of carbonyl (C=O) groups excluding carboxylic acids is 1. The van der Waals surface area contributed by atoms with Gasteiger partial charge in [0.25, 0.3) is 0 Å². The summed E-state index contributed by atoms with van der Waals surface area (Å²) in [5.74, 6) is -1.32. The molecule has 0 saturated heterocycles. The zero-order valence-electron chi connectivity index (χ0n) is 9.83. The highest BCUT2D eigenvalue weighted by molar-refractivity contribution is 5.90. The Morgan fingerprint density at radius 1 is 1.28 bits per heavy atom. The third kappa shape index (κ3) is 2.97. The molecule has 94 valence electrons. The first kappa shape index (κ1) is 12.4. The first-order chi connectivity index (χ1) is 8.66. The molecule has 0 radical (unpaired) electrons. The van der Waals surface area contributed by atoms with Crippen molar-refractivity contribution in [3.05, 3.63) is 47.8 Å². The van der Waals surface area contributed by atoms with Gasteiger partial charge in [-0.05, 0) is 31.4 Å². The number of rotatable bonds is 3. The first-order valence-corrected chi connectivity index (χ1v) is 5.84. The van der Waals surface area contributed by atoms with Crippen molar-refractivity contribution < 1.29 is 19.4 Å². The molecule has 2 aliphatic carbocycles. The highest BCUT2D eigenvalue weighted by Gasteiger charge is 2.18. The van der Waals surface area contributed by atoms with Crippen LogP contribution in [0.2, 0.25) is 0 Å². The van der Waals surface area contributed by atoms with Crippen molar-refractivity contribution in [1.29, 1.82) is 0 Å². The van der Waals surface area contributed by atoms with Crippen LogP contribution in [0.5, 0.6) is 0 Å². The molecule has 0 saturated carbocycles. The van der Waals surface area contributed by atoms with E-state index in [0.717, 1.165) is 6.42 Å². The van der Waals surface area contributed by atoms with Crippen LogP contribution in [0.25, 0.3) is 0 Å². The molecule has 0 fully saturated rings. The van der Waals surface area contributed by atoms with Crippen LogP contribution in [0, 0.1) is 5.92 Å². The second-order valence-corrected chi connectivity index (χ2v) is 4.18. The molecule has 2 aliphatic rings. The molecule has 0 spiro atoms. The average molecular weight is 246 g/mol. The maximum absolute atomic E-state index is 11.8. The predicted molar refractivity (Wildman–Crippen MR) is 65.5 cm³/mol. The summed E-state index contributed by atoms with van der Waals surface area (Å²) in [6, 6.07) is 0. The predicted octanol–water partition coefficient (Wildman–Crippen LogP) is 2.35. The van der Waals surface area contributed by atoms with E-state index in [1.807, 2.05) is 18.2 Å². The molecule has 1 atom stereocenters. The second kappa shape index (κ2) is 5.49. The Morgan fingerprint density at radius 2 is 2.11 bits per heavy atom. The zero-order valence-corrected chi connectivity index (χ0v) is 9.83. The van der Waals surface area contributed by atoms with Gasteiger partial charge >= 0.3 is 11.9 Å². The van der Waals surface area contributed by atoms with Crippen molar-refractivity contribution in [2.75, 3.05) is 0 Å². The minimum atomic E-state index is -0.868. The number of carbonyl (C=O) groups is 2. The van der Waals surface area contributed by atoms with Gasteiger partial charge in [-0.15, -0.1) is 0 Å². The van der Waals surface area contributed by atoms with Gasteiger partial charge in [-0.3, -0.25) is 4.79 Å². The molecule has 0 amide bonds. The SMILES string of the molecule is O=C(OC1=CCC(C(=O)O)C=C1)C1=CCC=CC1. The van der Waals surface area contributed by atoms with Crippen molar-refractivity contribution in [2.24, 2.45) is 5.92 Å². The maximum Gasteiger partial charge on any atom is 0.339 e. The summed E-state index contributed by atoms with van der Waals surface area (Å²) in [4.78, 5) is 22.5. The molecule has 1 unspecified atom stereocenters. The lowest BCUT2D eigenvalue weighted by molar-refractivity contribution is -0.140. The van der Waals surface area contributed by atoms with Crippen molar-refractivity contribution >= 4 is 11.9 Å². The number of hydrogen-bond acceptors (Lipinski definition) is 3. The van der Waals surface area contributed by atoms with Crippen LogP contribution in [0.1, 0.15) is 19.3 Å². The van der Waals surface area contributed by atoms with Crippen LogP contribution < -0.4 is 0 Å². The van der Waals surface area contributed by atoms with E-state index in [0.29, 0.717) is 24.2 Å². The summed E-state index contributed by atoms with van der Waals surface area (Å²) in [7, 11) is 0. The van der Waals surface area contributed by atoms with Gasteiger partial charge in [0.15, 0.2) is 0 Å². The summed E-state index contributed by atoms with van der Waals surface area (Å²) in [5, 5.41) is 8.81. The quantitative estimate of drug-likeness (QED) is 0.613. The lowest BCUT2D eigenvalue weighted by Gasteiger charge is -2.13. The van der Waals surface area contributed by atoms with Gasteiger partial charge in [0.1, 0.15) is 5.76 Å². The molecule has 0 heterocycles. The van der Waals surface area contributed by atoms with Gasteiger partial charge in [0.2, 0.25) is 0 Å². The number of ether oxygens (including phenoxy) is 1. The Hall–Kier alpha value is -2.10. The van der Waals surface area contributed by atoms with Gasteiger partial charge < -0.3 is 9.84 Å². The fraction of sp³-hybridized carbons (Fsp3) is 0.286. The molecule has 4 heteroatoms. The maximum atomic E-state index is 11.8. The summed E-state index contributed by atoms with van der Waals surface area (Å²) >= 11 is 0. The van der Waals surface area contributed by atoms with Crippen molar-refractivity contribution in [1.82, 2.24) is 0 Å². The molecule has 2 rings (SSSR count). The van der Waals surface area contributed by atoms with E-state index >= 15 is 0 Å².